The molecular weight excluding hydrogens is 280 g/mol. The number of oxime groups is 1. The maximum absolute atomic E-state index is 8.78. The Balaban J connectivity index is 2.24. The van der Waals surface area contributed by atoms with Crippen LogP contribution in [0.4, 0.5) is 5.82 Å². The van der Waals surface area contributed by atoms with E-state index in [1.54, 1.807) is 12.3 Å². The molecule has 1 atom stereocenters. The number of nitrogens with two attached hydrogens (primary N) is 1. The maximum Gasteiger partial charge on any atom is 0.171 e. The smallest absolute Gasteiger partial charge is 0.171 e. The highest BCUT2D eigenvalue weighted by atomic mass is 35.5. The van der Waals surface area contributed by atoms with Gasteiger partial charge in [0, 0.05) is 31.5 Å². The lowest BCUT2D eigenvalue weighted by atomic mass is 10.1. The Morgan fingerprint density at radius 3 is 3.20 bits per heavy atom. The summed E-state index contributed by atoms with van der Waals surface area (Å²) in [4.78, 5) is 6.40. The number of piperidine rings is 1. The fraction of sp³-hybridized carbons (Fsp3) is 0.538. The zero-order valence-electron chi connectivity index (χ0n) is 11.4. The zero-order chi connectivity index (χ0) is 14.5. The number of ether oxygens (including phenoxy) is 1. The molecule has 110 valence electrons. The highest BCUT2D eigenvalue weighted by Crippen LogP contribution is 2.29. The second-order valence-electron chi connectivity index (χ2n) is 4.65. The van der Waals surface area contributed by atoms with Gasteiger partial charge in [-0.3, -0.25) is 0 Å². The van der Waals surface area contributed by atoms with Crippen LogP contribution in [0.2, 0.25) is 5.02 Å². The van der Waals surface area contributed by atoms with Crippen LogP contribution in [0.1, 0.15) is 25.3 Å². The quantitative estimate of drug-likeness (QED) is 0.383. The first kappa shape index (κ1) is 14.9. The molecule has 0 aromatic carbocycles. The zero-order valence-corrected chi connectivity index (χ0v) is 12.2. The van der Waals surface area contributed by atoms with Gasteiger partial charge in [0.1, 0.15) is 5.82 Å². The van der Waals surface area contributed by atoms with E-state index >= 15 is 0 Å². The van der Waals surface area contributed by atoms with Crippen LogP contribution in [0, 0.1) is 0 Å². The molecule has 6 nitrogen and oxygen atoms in total. The van der Waals surface area contributed by atoms with Gasteiger partial charge in [-0.15, -0.1) is 0 Å². The van der Waals surface area contributed by atoms with Gasteiger partial charge in [0.2, 0.25) is 0 Å². The van der Waals surface area contributed by atoms with Crippen molar-refractivity contribution in [2.75, 3.05) is 24.6 Å². The van der Waals surface area contributed by atoms with E-state index in [2.05, 4.69) is 15.0 Å². The van der Waals surface area contributed by atoms with E-state index in [1.165, 1.54) is 0 Å². The van der Waals surface area contributed by atoms with Gasteiger partial charge in [-0.25, -0.2) is 4.98 Å². The summed E-state index contributed by atoms with van der Waals surface area (Å²) in [6, 6.07) is 1.63. The standard InChI is InChI=1S/C13H19ClN4O2/c1-2-20-9-4-3-7-18(8-9)13-11(14)10(5-6-16-13)12(15)17-19/h5-6,9,19H,2-4,7-8H2,1H3,(H2,15,17). The molecule has 1 saturated heterocycles. The van der Waals surface area contributed by atoms with E-state index in [4.69, 9.17) is 27.3 Å². The van der Waals surface area contributed by atoms with Gasteiger partial charge in [0.05, 0.1) is 11.1 Å². The summed E-state index contributed by atoms with van der Waals surface area (Å²) >= 11 is 6.32. The van der Waals surface area contributed by atoms with Crippen LogP contribution < -0.4 is 10.6 Å². The number of pyridine rings is 1. The van der Waals surface area contributed by atoms with Gasteiger partial charge in [0.15, 0.2) is 5.84 Å². The first-order chi connectivity index (χ1) is 9.67. The number of amidine groups is 1. The number of nitrogens with zero attached hydrogens (tertiary/aromatic N) is 3. The average Bonchev–Trinajstić information content (AvgIpc) is 2.47. The molecule has 1 aromatic heterocycles. The lowest BCUT2D eigenvalue weighted by Gasteiger charge is -2.34. The third-order valence-corrected chi connectivity index (χ3v) is 3.71. The molecule has 1 aliphatic rings. The molecule has 2 rings (SSSR count). The van der Waals surface area contributed by atoms with Crippen LogP contribution in [0.5, 0.6) is 0 Å². The van der Waals surface area contributed by atoms with Crippen molar-refractivity contribution in [2.24, 2.45) is 10.9 Å². The Hall–Kier alpha value is -1.53. The average molecular weight is 299 g/mol. The van der Waals surface area contributed by atoms with E-state index in [0.29, 0.717) is 23.0 Å². The molecule has 2 heterocycles. The molecule has 0 saturated carbocycles. The Morgan fingerprint density at radius 1 is 1.70 bits per heavy atom. The predicted octanol–water partition coefficient (Wildman–Crippen LogP) is 1.83. The van der Waals surface area contributed by atoms with Crippen LogP contribution in [-0.4, -0.2) is 41.8 Å². The lowest BCUT2D eigenvalue weighted by molar-refractivity contribution is 0.0525. The molecule has 20 heavy (non-hydrogen) atoms. The second-order valence-corrected chi connectivity index (χ2v) is 5.02. The van der Waals surface area contributed by atoms with Crippen molar-refractivity contribution in [1.29, 1.82) is 0 Å². The van der Waals surface area contributed by atoms with Gasteiger partial charge < -0.3 is 20.6 Å². The number of halogens is 1. The highest BCUT2D eigenvalue weighted by molar-refractivity contribution is 6.36. The second kappa shape index (κ2) is 6.76. The van der Waals surface area contributed by atoms with Crippen molar-refractivity contribution >= 4 is 23.3 Å². The molecule has 0 radical (unpaired) electrons. The number of anilines is 1. The number of rotatable bonds is 4. The minimum absolute atomic E-state index is 0.0167. The van der Waals surface area contributed by atoms with Gasteiger partial charge >= 0.3 is 0 Å². The molecule has 7 heteroatoms. The number of hydrogen-bond donors (Lipinski definition) is 2. The van der Waals surface area contributed by atoms with E-state index in [1.807, 2.05) is 6.92 Å². The monoisotopic (exact) mass is 298 g/mol. The van der Waals surface area contributed by atoms with Crippen molar-refractivity contribution < 1.29 is 9.94 Å². The normalized spacial score (nSPS) is 20.2. The fourth-order valence-electron chi connectivity index (χ4n) is 2.41. The summed E-state index contributed by atoms with van der Waals surface area (Å²) in [6.45, 7) is 4.31. The molecule has 1 fully saturated rings. The predicted molar refractivity (Wildman–Crippen MR) is 78.6 cm³/mol. The Bertz CT molecular complexity index is 493. The summed E-state index contributed by atoms with van der Waals surface area (Å²) in [6.07, 6.45) is 3.87. The van der Waals surface area contributed by atoms with Crippen molar-refractivity contribution in [2.45, 2.75) is 25.9 Å². The van der Waals surface area contributed by atoms with Gasteiger partial charge in [-0.05, 0) is 25.8 Å². The largest absolute Gasteiger partial charge is 0.409 e. The van der Waals surface area contributed by atoms with E-state index in [9.17, 15) is 0 Å². The minimum Gasteiger partial charge on any atom is -0.409 e. The Labute approximate surface area is 123 Å². The first-order valence-electron chi connectivity index (χ1n) is 6.66. The first-order valence-corrected chi connectivity index (χ1v) is 7.04. The van der Waals surface area contributed by atoms with Crippen molar-refractivity contribution in [3.8, 4) is 0 Å². The summed E-state index contributed by atoms with van der Waals surface area (Å²) < 4.78 is 5.67. The number of aromatic nitrogens is 1. The van der Waals surface area contributed by atoms with Gasteiger partial charge in [-0.2, -0.15) is 0 Å². The van der Waals surface area contributed by atoms with E-state index < -0.39 is 0 Å². The molecule has 1 aliphatic heterocycles. The minimum atomic E-state index is -0.0167. The highest BCUT2D eigenvalue weighted by Gasteiger charge is 2.24. The molecular formula is C13H19ClN4O2. The van der Waals surface area contributed by atoms with E-state index in [0.717, 1.165) is 25.9 Å². The summed E-state index contributed by atoms with van der Waals surface area (Å²) in [5.74, 6) is 0.636. The number of hydrogen-bond acceptors (Lipinski definition) is 5. The third kappa shape index (κ3) is 3.13. The fourth-order valence-corrected chi connectivity index (χ4v) is 2.74. The summed E-state index contributed by atoms with van der Waals surface area (Å²) in [5, 5.41) is 12.2. The van der Waals surface area contributed by atoms with Crippen molar-refractivity contribution in [3.63, 3.8) is 0 Å². The topological polar surface area (TPSA) is 84.0 Å². The maximum atomic E-state index is 8.78. The molecule has 0 spiro atoms. The van der Waals surface area contributed by atoms with Gasteiger partial charge in [-0.1, -0.05) is 16.8 Å². The SMILES string of the molecule is CCOC1CCCN(c2nccc(/C(N)=N/O)c2Cl)C1. The summed E-state index contributed by atoms with van der Waals surface area (Å²) in [5.41, 5.74) is 6.10. The molecule has 1 unspecified atom stereocenters. The molecule has 0 amide bonds. The van der Waals surface area contributed by atoms with E-state index in [-0.39, 0.29) is 11.9 Å². The van der Waals surface area contributed by atoms with Crippen molar-refractivity contribution in [1.82, 2.24) is 4.98 Å². The molecule has 3 N–H and O–H groups in total. The van der Waals surface area contributed by atoms with Crippen LogP contribution in [-0.2, 0) is 4.74 Å². The van der Waals surface area contributed by atoms with Crippen LogP contribution in [0.25, 0.3) is 0 Å². The van der Waals surface area contributed by atoms with Gasteiger partial charge in [0.25, 0.3) is 0 Å². The Kier molecular flexibility index (Phi) is 5.03. The molecule has 0 bridgehead atoms. The van der Waals surface area contributed by atoms with Crippen LogP contribution >= 0.6 is 11.6 Å². The van der Waals surface area contributed by atoms with Crippen LogP contribution in [0.3, 0.4) is 0 Å². The summed E-state index contributed by atoms with van der Waals surface area (Å²) in [7, 11) is 0. The van der Waals surface area contributed by atoms with Crippen molar-refractivity contribution in [3.05, 3.63) is 22.8 Å². The third-order valence-electron chi connectivity index (χ3n) is 3.33. The molecule has 0 aliphatic carbocycles. The Morgan fingerprint density at radius 2 is 2.50 bits per heavy atom. The van der Waals surface area contributed by atoms with Crippen LogP contribution in [0.15, 0.2) is 17.4 Å². The molecule has 1 aromatic rings. The lowest BCUT2D eigenvalue weighted by Crippen LogP contribution is -2.40.